The van der Waals surface area contributed by atoms with Gasteiger partial charge in [0.1, 0.15) is 4.88 Å². The molecule has 1 amide bonds. The van der Waals surface area contributed by atoms with E-state index in [1.54, 1.807) is 19.1 Å². The summed E-state index contributed by atoms with van der Waals surface area (Å²) in [5, 5.41) is 16.0. The van der Waals surface area contributed by atoms with Crippen molar-refractivity contribution in [3.05, 3.63) is 73.6 Å². The second-order valence-corrected chi connectivity index (χ2v) is 7.12. The largest absolute Gasteiger partial charge is 0.283 e. The van der Waals surface area contributed by atoms with Crippen LogP contribution in [0, 0.1) is 17.0 Å². The highest BCUT2D eigenvalue weighted by Gasteiger charge is 2.17. The Morgan fingerprint density at radius 2 is 1.92 bits per heavy atom. The number of carbonyl (C=O) groups is 1. The lowest BCUT2D eigenvalue weighted by molar-refractivity contribution is -0.384. The minimum absolute atomic E-state index is 0.00191. The third-order valence-electron chi connectivity index (χ3n) is 3.81. The van der Waals surface area contributed by atoms with Crippen molar-refractivity contribution in [3.8, 4) is 0 Å². The Kier molecular flexibility index (Phi) is 5.01. The van der Waals surface area contributed by atoms with Crippen LogP contribution in [-0.4, -0.2) is 16.5 Å². The molecule has 0 saturated heterocycles. The molecule has 26 heavy (non-hydrogen) atoms. The molecule has 1 aromatic heterocycles. The topological polar surface area (TPSA) is 84.6 Å². The van der Waals surface area contributed by atoms with E-state index in [-0.39, 0.29) is 5.69 Å². The number of hydrogen-bond donors (Lipinski definition) is 1. The second kappa shape index (κ2) is 7.23. The average Bonchev–Trinajstić information content (AvgIpc) is 2.95. The Labute approximate surface area is 158 Å². The number of rotatable bonds is 4. The van der Waals surface area contributed by atoms with Crippen molar-refractivity contribution in [2.24, 2.45) is 5.10 Å². The minimum atomic E-state index is -0.469. The molecule has 0 radical (unpaired) electrons. The maximum Gasteiger partial charge on any atom is 0.283 e. The minimum Gasteiger partial charge on any atom is -0.266 e. The first kappa shape index (κ1) is 18.0. The van der Waals surface area contributed by atoms with Crippen LogP contribution in [0.2, 0.25) is 5.02 Å². The fraction of sp³-hybridized carbons (Fsp3) is 0.111. The Morgan fingerprint density at radius 3 is 2.58 bits per heavy atom. The molecule has 0 bridgehead atoms. The number of hydrogen-bond acceptors (Lipinski definition) is 5. The molecular weight excluding hydrogens is 374 g/mol. The van der Waals surface area contributed by atoms with Gasteiger partial charge in [0.25, 0.3) is 11.6 Å². The summed E-state index contributed by atoms with van der Waals surface area (Å²) in [7, 11) is 0. The number of halogens is 1. The molecule has 2 aromatic carbocycles. The van der Waals surface area contributed by atoms with Gasteiger partial charge in [0.2, 0.25) is 0 Å². The lowest BCUT2D eigenvalue weighted by Gasteiger charge is -2.02. The molecule has 3 aromatic rings. The molecular formula is C18H14ClN3O3S. The third kappa shape index (κ3) is 3.58. The predicted octanol–water partition coefficient (Wildman–Crippen LogP) is 4.93. The average molecular weight is 388 g/mol. The molecule has 3 rings (SSSR count). The maximum absolute atomic E-state index is 12.4. The number of nitro groups is 1. The van der Waals surface area contributed by atoms with Crippen LogP contribution in [0.25, 0.3) is 10.1 Å². The lowest BCUT2D eigenvalue weighted by atomic mass is 10.1. The van der Waals surface area contributed by atoms with Crippen LogP contribution >= 0.6 is 22.9 Å². The van der Waals surface area contributed by atoms with Crippen molar-refractivity contribution >= 4 is 50.3 Å². The summed E-state index contributed by atoms with van der Waals surface area (Å²) in [6, 6.07) is 11.8. The van der Waals surface area contributed by atoms with Crippen LogP contribution < -0.4 is 5.43 Å². The molecule has 0 aliphatic carbocycles. The van der Waals surface area contributed by atoms with Gasteiger partial charge in [-0.2, -0.15) is 5.10 Å². The van der Waals surface area contributed by atoms with Crippen LogP contribution in [0.3, 0.4) is 0 Å². The zero-order valence-corrected chi connectivity index (χ0v) is 15.5. The van der Waals surface area contributed by atoms with Gasteiger partial charge in [0.05, 0.1) is 15.7 Å². The Hall–Kier alpha value is -2.77. The number of non-ortho nitro benzene ring substituents is 1. The van der Waals surface area contributed by atoms with Gasteiger partial charge in [-0.15, -0.1) is 11.3 Å². The molecule has 0 aliphatic heterocycles. The fourth-order valence-electron chi connectivity index (χ4n) is 2.39. The number of benzene rings is 2. The SMILES string of the molecule is C/C(=N\NC(=O)c1sc2cc(C)ccc2c1Cl)c1ccc([N+](=O)[O-])cc1. The van der Waals surface area contributed by atoms with E-state index in [2.05, 4.69) is 10.5 Å². The van der Waals surface area contributed by atoms with E-state index < -0.39 is 10.8 Å². The molecule has 0 aliphatic rings. The van der Waals surface area contributed by atoms with Gasteiger partial charge in [-0.05, 0) is 43.2 Å². The highest BCUT2D eigenvalue weighted by molar-refractivity contribution is 7.21. The van der Waals surface area contributed by atoms with Gasteiger partial charge < -0.3 is 0 Å². The van der Waals surface area contributed by atoms with Crippen molar-refractivity contribution in [1.29, 1.82) is 0 Å². The lowest BCUT2D eigenvalue weighted by Crippen LogP contribution is -2.18. The van der Waals surface area contributed by atoms with Crippen LogP contribution in [0.5, 0.6) is 0 Å². The second-order valence-electron chi connectivity index (χ2n) is 5.69. The summed E-state index contributed by atoms with van der Waals surface area (Å²) in [6.07, 6.45) is 0. The first-order valence-corrected chi connectivity index (χ1v) is 8.84. The van der Waals surface area contributed by atoms with Crippen molar-refractivity contribution in [2.45, 2.75) is 13.8 Å². The van der Waals surface area contributed by atoms with Crippen LogP contribution in [0.4, 0.5) is 5.69 Å². The van der Waals surface area contributed by atoms with Crippen molar-refractivity contribution in [2.75, 3.05) is 0 Å². The number of fused-ring (bicyclic) bond motifs is 1. The van der Waals surface area contributed by atoms with Crippen molar-refractivity contribution < 1.29 is 9.72 Å². The Morgan fingerprint density at radius 1 is 1.23 bits per heavy atom. The van der Waals surface area contributed by atoms with Crippen molar-refractivity contribution in [1.82, 2.24) is 5.43 Å². The number of thiophene rings is 1. The molecule has 0 atom stereocenters. The summed E-state index contributed by atoms with van der Waals surface area (Å²) < 4.78 is 0.941. The van der Waals surface area contributed by atoms with E-state index in [0.29, 0.717) is 21.2 Å². The predicted molar refractivity (Wildman–Crippen MR) is 104 cm³/mol. The zero-order chi connectivity index (χ0) is 18.8. The number of aryl methyl sites for hydroxylation is 1. The zero-order valence-electron chi connectivity index (χ0n) is 13.9. The first-order valence-electron chi connectivity index (χ1n) is 7.65. The molecule has 132 valence electrons. The van der Waals surface area contributed by atoms with E-state index in [0.717, 1.165) is 15.6 Å². The number of nitrogens with one attached hydrogen (secondary N) is 1. The molecule has 0 spiro atoms. The van der Waals surface area contributed by atoms with E-state index >= 15 is 0 Å². The Bertz CT molecular complexity index is 1040. The van der Waals surface area contributed by atoms with Crippen molar-refractivity contribution in [3.63, 3.8) is 0 Å². The normalized spacial score (nSPS) is 11.6. The van der Waals surface area contributed by atoms with Gasteiger partial charge in [0, 0.05) is 22.2 Å². The van der Waals surface area contributed by atoms with Gasteiger partial charge in [-0.25, -0.2) is 5.43 Å². The molecule has 0 unspecified atom stereocenters. The number of hydrazone groups is 1. The van der Waals surface area contributed by atoms with E-state index in [1.807, 2.05) is 25.1 Å². The molecule has 0 fully saturated rings. The van der Waals surface area contributed by atoms with E-state index in [4.69, 9.17) is 11.6 Å². The molecule has 1 N–H and O–H groups in total. The van der Waals surface area contributed by atoms with E-state index in [1.165, 1.54) is 23.5 Å². The number of carbonyl (C=O) groups excluding carboxylic acids is 1. The van der Waals surface area contributed by atoms with Crippen LogP contribution in [-0.2, 0) is 0 Å². The highest BCUT2D eigenvalue weighted by atomic mass is 35.5. The molecule has 8 heteroatoms. The van der Waals surface area contributed by atoms with Crippen LogP contribution in [0.1, 0.15) is 27.7 Å². The fourth-order valence-corrected chi connectivity index (χ4v) is 3.90. The molecule has 0 saturated carbocycles. The van der Waals surface area contributed by atoms with Gasteiger partial charge >= 0.3 is 0 Å². The Balaban J connectivity index is 1.80. The smallest absolute Gasteiger partial charge is 0.266 e. The van der Waals surface area contributed by atoms with E-state index in [9.17, 15) is 14.9 Å². The quantitative estimate of drug-likeness (QED) is 0.391. The summed E-state index contributed by atoms with van der Waals surface area (Å²) in [5.74, 6) is -0.393. The molecule has 6 nitrogen and oxygen atoms in total. The van der Waals surface area contributed by atoms with Gasteiger partial charge in [0.15, 0.2) is 0 Å². The first-order chi connectivity index (χ1) is 12.4. The summed E-state index contributed by atoms with van der Waals surface area (Å²) in [4.78, 5) is 23.0. The third-order valence-corrected chi connectivity index (χ3v) is 5.47. The summed E-state index contributed by atoms with van der Waals surface area (Å²) in [5.41, 5.74) is 4.79. The number of nitrogens with zero attached hydrogens (tertiary/aromatic N) is 2. The summed E-state index contributed by atoms with van der Waals surface area (Å²) >= 11 is 7.63. The number of nitro benzene ring substituents is 1. The standard InChI is InChI=1S/C18H14ClN3O3S/c1-10-3-8-14-15(9-10)26-17(16(14)19)18(23)21-20-11(2)12-4-6-13(7-5-12)22(24)25/h3-9H,1-2H3,(H,21,23)/b20-11+. The highest BCUT2D eigenvalue weighted by Crippen LogP contribution is 2.35. The number of amides is 1. The maximum atomic E-state index is 12.4. The van der Waals surface area contributed by atoms with Gasteiger partial charge in [-0.1, -0.05) is 23.7 Å². The van der Waals surface area contributed by atoms with Crippen LogP contribution in [0.15, 0.2) is 47.6 Å². The molecule has 1 heterocycles. The summed E-state index contributed by atoms with van der Waals surface area (Å²) in [6.45, 7) is 3.68. The monoisotopic (exact) mass is 387 g/mol. The van der Waals surface area contributed by atoms with Gasteiger partial charge in [-0.3, -0.25) is 14.9 Å².